The molecule has 1 saturated heterocycles. The molecule has 64 valence electrons. The Morgan fingerprint density at radius 3 is 1.92 bits per heavy atom. The van der Waals surface area contributed by atoms with Crippen LogP contribution in [0.15, 0.2) is 24.3 Å². The van der Waals surface area contributed by atoms with Gasteiger partial charge < -0.3 is 0 Å². The van der Waals surface area contributed by atoms with Crippen LogP contribution < -0.4 is 0 Å². The molecule has 1 aromatic rings. The van der Waals surface area contributed by atoms with E-state index in [1.54, 1.807) is 24.3 Å². The van der Waals surface area contributed by atoms with E-state index in [1.807, 2.05) is 0 Å². The van der Waals surface area contributed by atoms with Gasteiger partial charge in [-0.15, -0.1) is 0 Å². The van der Waals surface area contributed by atoms with Gasteiger partial charge in [-0.05, 0) is 0 Å². The molecule has 1 aromatic carbocycles. The Hall–Kier alpha value is -1.13. The lowest BCUT2D eigenvalue weighted by Crippen LogP contribution is -2.23. The zero-order valence-corrected chi connectivity index (χ0v) is 7.26. The summed E-state index contributed by atoms with van der Waals surface area (Å²) in [6.07, 6.45) is 0. The fourth-order valence-corrected chi connectivity index (χ4v) is 2.14. The maximum atomic E-state index is 11.6. The SMILES string of the molecule is O=C1c2ccccc2C(=O)C12OS2. The van der Waals surface area contributed by atoms with Gasteiger partial charge in [-0.25, -0.2) is 0 Å². The van der Waals surface area contributed by atoms with Crippen molar-refractivity contribution >= 4 is 23.6 Å². The van der Waals surface area contributed by atoms with Gasteiger partial charge >= 0.3 is 0 Å². The summed E-state index contributed by atoms with van der Waals surface area (Å²) in [6.45, 7) is 0. The van der Waals surface area contributed by atoms with Crippen molar-refractivity contribution in [3.63, 3.8) is 0 Å². The van der Waals surface area contributed by atoms with E-state index in [0.29, 0.717) is 11.1 Å². The molecule has 2 aliphatic rings. The van der Waals surface area contributed by atoms with Crippen molar-refractivity contribution in [2.75, 3.05) is 0 Å². The van der Waals surface area contributed by atoms with Gasteiger partial charge in [0, 0.05) is 23.2 Å². The zero-order valence-electron chi connectivity index (χ0n) is 6.44. The predicted octanol–water partition coefficient (Wildman–Crippen LogP) is 1.44. The Balaban J connectivity index is 2.30. The number of benzene rings is 1. The molecule has 3 nitrogen and oxygen atoms in total. The minimum absolute atomic E-state index is 0.210. The van der Waals surface area contributed by atoms with Crippen molar-refractivity contribution in [2.45, 2.75) is 4.93 Å². The van der Waals surface area contributed by atoms with Gasteiger partial charge in [-0.3, -0.25) is 13.8 Å². The normalized spacial score (nSPS) is 22.2. The zero-order chi connectivity index (χ0) is 9.05. The van der Waals surface area contributed by atoms with E-state index in [0.717, 1.165) is 12.0 Å². The molecule has 0 unspecified atom stereocenters. The fraction of sp³-hybridized carbons (Fsp3) is 0.111. The first kappa shape index (κ1) is 7.29. The number of ketones is 2. The van der Waals surface area contributed by atoms with E-state index in [1.165, 1.54) is 0 Å². The number of fused-ring (bicyclic) bond motifs is 1. The molecule has 1 heterocycles. The molecule has 0 atom stereocenters. The summed E-state index contributed by atoms with van der Waals surface area (Å²) in [4.78, 5) is 22.1. The maximum Gasteiger partial charge on any atom is 0.277 e. The Bertz CT molecular complexity index is 397. The molecular weight excluding hydrogens is 188 g/mol. The molecule has 3 rings (SSSR count). The van der Waals surface area contributed by atoms with E-state index >= 15 is 0 Å². The molecule has 0 N–H and O–H groups in total. The monoisotopic (exact) mass is 192 g/mol. The van der Waals surface area contributed by atoms with Crippen molar-refractivity contribution in [1.29, 1.82) is 0 Å². The standard InChI is InChI=1S/C9H4O3S/c10-7-5-3-1-2-4-6(5)8(11)9(7)12-13-9/h1-4H. The topological polar surface area (TPSA) is 46.7 Å². The summed E-state index contributed by atoms with van der Waals surface area (Å²) in [7, 11) is 0. The molecule has 1 fully saturated rings. The maximum absolute atomic E-state index is 11.6. The summed E-state index contributed by atoms with van der Waals surface area (Å²) >= 11 is 0.952. The molecule has 1 aliphatic heterocycles. The second-order valence-corrected chi connectivity index (χ2v) is 3.90. The molecule has 1 aliphatic carbocycles. The van der Waals surface area contributed by atoms with E-state index in [4.69, 9.17) is 4.18 Å². The molecular formula is C9H4O3S. The second kappa shape index (κ2) is 2.02. The van der Waals surface area contributed by atoms with Crippen LogP contribution in [-0.2, 0) is 4.18 Å². The molecule has 4 heteroatoms. The minimum atomic E-state index is -1.19. The third-order valence-corrected chi connectivity index (χ3v) is 3.13. The lowest BCUT2D eigenvalue weighted by molar-refractivity contribution is 0.0785. The van der Waals surface area contributed by atoms with Crippen LogP contribution in [0.1, 0.15) is 20.7 Å². The third-order valence-electron chi connectivity index (χ3n) is 2.26. The van der Waals surface area contributed by atoms with Crippen LogP contribution in [-0.4, -0.2) is 16.5 Å². The third kappa shape index (κ3) is 0.703. The van der Waals surface area contributed by atoms with E-state index in [9.17, 15) is 9.59 Å². The average Bonchev–Trinajstić information content (AvgIpc) is 2.93. The van der Waals surface area contributed by atoms with Crippen molar-refractivity contribution in [3.8, 4) is 0 Å². The fourth-order valence-electron chi connectivity index (χ4n) is 1.53. The summed E-state index contributed by atoms with van der Waals surface area (Å²) in [6, 6.07) is 6.81. The molecule has 0 radical (unpaired) electrons. The van der Waals surface area contributed by atoms with Crippen LogP contribution in [0, 0.1) is 0 Å². The highest BCUT2D eigenvalue weighted by molar-refractivity contribution is 8.03. The molecule has 0 amide bonds. The highest BCUT2D eigenvalue weighted by atomic mass is 32.2. The van der Waals surface area contributed by atoms with Crippen molar-refractivity contribution in [2.24, 2.45) is 0 Å². The van der Waals surface area contributed by atoms with Gasteiger partial charge in [0.15, 0.2) is 0 Å². The lowest BCUT2D eigenvalue weighted by atomic mass is 10.1. The average molecular weight is 192 g/mol. The predicted molar refractivity (Wildman–Crippen MR) is 46.5 cm³/mol. The molecule has 1 spiro atoms. The Labute approximate surface area is 78.3 Å². The van der Waals surface area contributed by atoms with E-state index in [2.05, 4.69) is 0 Å². The number of hydrogen-bond donors (Lipinski definition) is 0. The van der Waals surface area contributed by atoms with Crippen molar-refractivity contribution in [3.05, 3.63) is 35.4 Å². The van der Waals surface area contributed by atoms with E-state index in [-0.39, 0.29) is 11.6 Å². The van der Waals surface area contributed by atoms with Gasteiger partial charge in [-0.1, -0.05) is 24.3 Å². The number of rotatable bonds is 0. The van der Waals surface area contributed by atoms with Crippen LogP contribution in [0.5, 0.6) is 0 Å². The molecule has 13 heavy (non-hydrogen) atoms. The first-order valence-electron chi connectivity index (χ1n) is 3.81. The summed E-state index contributed by atoms with van der Waals surface area (Å²) in [5.74, 6) is -0.420. The number of Topliss-reactive ketones (excluding diaryl/α,β-unsaturated/α-hetero) is 2. The molecule has 0 saturated carbocycles. The smallest absolute Gasteiger partial charge is 0.277 e. The number of carbonyl (C=O) groups is 2. The molecule has 0 bridgehead atoms. The summed E-state index contributed by atoms with van der Waals surface area (Å²) in [5.41, 5.74) is 0.968. The van der Waals surface area contributed by atoms with Gasteiger partial charge in [0.05, 0.1) is 0 Å². The quantitative estimate of drug-likeness (QED) is 0.354. The lowest BCUT2D eigenvalue weighted by Gasteiger charge is -1.90. The van der Waals surface area contributed by atoms with Crippen molar-refractivity contribution < 1.29 is 13.8 Å². The first-order valence-corrected chi connectivity index (χ1v) is 4.55. The second-order valence-electron chi connectivity index (χ2n) is 2.99. The van der Waals surface area contributed by atoms with Crippen LogP contribution in [0.4, 0.5) is 0 Å². The number of carbonyl (C=O) groups excluding carboxylic acids is 2. The Kier molecular flexibility index (Phi) is 1.14. The van der Waals surface area contributed by atoms with Gasteiger partial charge in [0.25, 0.3) is 4.93 Å². The van der Waals surface area contributed by atoms with Gasteiger partial charge in [0.2, 0.25) is 11.6 Å². The van der Waals surface area contributed by atoms with Crippen LogP contribution >= 0.6 is 12.0 Å². The molecule has 0 aromatic heterocycles. The van der Waals surface area contributed by atoms with Crippen LogP contribution in [0.25, 0.3) is 0 Å². The van der Waals surface area contributed by atoms with Crippen LogP contribution in [0.2, 0.25) is 0 Å². The Morgan fingerprint density at radius 1 is 1.08 bits per heavy atom. The largest absolute Gasteiger partial charge is 0.289 e. The highest BCUT2D eigenvalue weighted by Crippen LogP contribution is 2.55. The first-order chi connectivity index (χ1) is 6.26. The summed E-state index contributed by atoms with van der Waals surface area (Å²) in [5, 5.41) is 0. The van der Waals surface area contributed by atoms with Gasteiger partial charge in [-0.2, -0.15) is 0 Å². The minimum Gasteiger partial charge on any atom is -0.289 e. The van der Waals surface area contributed by atoms with Crippen LogP contribution in [0.3, 0.4) is 0 Å². The van der Waals surface area contributed by atoms with Crippen molar-refractivity contribution in [1.82, 2.24) is 0 Å². The summed E-state index contributed by atoms with van der Waals surface area (Å²) < 4.78 is 4.88. The van der Waals surface area contributed by atoms with Gasteiger partial charge in [0.1, 0.15) is 0 Å². The van der Waals surface area contributed by atoms with E-state index < -0.39 is 4.93 Å². The Morgan fingerprint density at radius 2 is 1.54 bits per heavy atom. The highest BCUT2D eigenvalue weighted by Gasteiger charge is 2.66. The number of hydrogen-bond acceptors (Lipinski definition) is 4.